The first-order valence-electron chi connectivity index (χ1n) is 4.83. The first-order chi connectivity index (χ1) is 7.63. The van der Waals surface area contributed by atoms with Crippen molar-refractivity contribution in [3.8, 4) is 0 Å². The van der Waals surface area contributed by atoms with Crippen LogP contribution in [0.5, 0.6) is 0 Å². The summed E-state index contributed by atoms with van der Waals surface area (Å²) in [5, 5.41) is 3.40. The van der Waals surface area contributed by atoms with Crippen LogP contribution in [0.3, 0.4) is 0 Å². The topological polar surface area (TPSA) is 29.1 Å². The molecule has 0 saturated heterocycles. The van der Waals surface area contributed by atoms with Gasteiger partial charge < -0.3 is 5.32 Å². The molecule has 0 aromatic heterocycles. The highest BCUT2D eigenvalue weighted by Crippen LogP contribution is 2.19. The number of benzene rings is 1. The van der Waals surface area contributed by atoms with Crippen LogP contribution in [0.15, 0.2) is 18.2 Å². The van der Waals surface area contributed by atoms with Crippen LogP contribution in [0.2, 0.25) is 5.02 Å². The van der Waals surface area contributed by atoms with E-state index in [1.54, 1.807) is 18.2 Å². The molecule has 2 nitrogen and oxygen atoms in total. The zero-order valence-corrected chi connectivity index (χ0v) is 10.5. The minimum Gasteiger partial charge on any atom is -0.325 e. The van der Waals surface area contributed by atoms with Crippen molar-refractivity contribution in [3.63, 3.8) is 0 Å². The van der Waals surface area contributed by atoms with Crippen molar-refractivity contribution in [2.75, 3.05) is 23.5 Å². The largest absolute Gasteiger partial charge is 0.325 e. The molecule has 0 atom stereocenters. The zero-order valence-electron chi connectivity index (χ0n) is 8.93. The Kier molecular flexibility index (Phi) is 5.63. The van der Waals surface area contributed by atoms with Gasteiger partial charge in [0, 0.05) is 16.5 Å². The second kappa shape index (κ2) is 6.76. The van der Waals surface area contributed by atoms with Crippen molar-refractivity contribution in [1.29, 1.82) is 0 Å². The van der Waals surface area contributed by atoms with E-state index in [1.807, 2.05) is 6.92 Å². The maximum atomic E-state index is 11.8. The molecule has 0 bridgehead atoms. The van der Waals surface area contributed by atoms with Crippen LogP contribution in [0.1, 0.15) is 5.56 Å². The average Bonchev–Trinajstić information content (AvgIpc) is 2.23. The molecule has 0 radical (unpaired) electrons. The number of hydrogen-bond acceptors (Lipinski definition) is 2. The van der Waals surface area contributed by atoms with Crippen LogP contribution in [0.4, 0.5) is 10.1 Å². The molecule has 1 N–H and O–H groups in total. The van der Waals surface area contributed by atoms with Crippen molar-refractivity contribution in [1.82, 2.24) is 0 Å². The van der Waals surface area contributed by atoms with Crippen molar-refractivity contribution < 1.29 is 9.18 Å². The van der Waals surface area contributed by atoms with Crippen LogP contribution in [-0.2, 0) is 4.79 Å². The molecule has 0 unspecified atom stereocenters. The van der Waals surface area contributed by atoms with Crippen molar-refractivity contribution in [2.24, 2.45) is 0 Å². The minimum atomic E-state index is -0.405. The SMILES string of the molecule is Cc1cc(Cl)ccc1NC(=O)CSCCF. The summed E-state index contributed by atoms with van der Waals surface area (Å²) in [6.45, 7) is 1.47. The fourth-order valence-corrected chi connectivity index (χ4v) is 1.91. The number of carbonyl (C=O) groups is 1. The van der Waals surface area contributed by atoms with Gasteiger partial charge in [0.05, 0.1) is 12.4 Å². The number of alkyl halides is 1. The Hall–Kier alpha value is -0.740. The number of aryl methyl sites for hydroxylation is 1. The molecule has 0 aliphatic rings. The van der Waals surface area contributed by atoms with Gasteiger partial charge in [-0.1, -0.05) is 11.6 Å². The second-order valence-electron chi connectivity index (χ2n) is 3.25. The summed E-state index contributed by atoms with van der Waals surface area (Å²) in [4.78, 5) is 11.4. The number of amides is 1. The van der Waals surface area contributed by atoms with Gasteiger partial charge in [-0.25, -0.2) is 0 Å². The Morgan fingerprint density at radius 3 is 2.94 bits per heavy atom. The monoisotopic (exact) mass is 261 g/mol. The van der Waals surface area contributed by atoms with Gasteiger partial charge in [0.2, 0.25) is 5.91 Å². The molecule has 88 valence electrons. The fourth-order valence-electron chi connectivity index (χ4n) is 1.17. The zero-order chi connectivity index (χ0) is 12.0. The average molecular weight is 262 g/mol. The summed E-state index contributed by atoms with van der Waals surface area (Å²) in [7, 11) is 0. The van der Waals surface area contributed by atoms with E-state index in [-0.39, 0.29) is 11.7 Å². The Morgan fingerprint density at radius 2 is 2.31 bits per heavy atom. The molecule has 0 aliphatic heterocycles. The van der Waals surface area contributed by atoms with Crippen LogP contribution in [0, 0.1) is 6.92 Å². The lowest BCUT2D eigenvalue weighted by Crippen LogP contribution is -2.15. The molecular formula is C11H13ClFNOS. The number of carbonyl (C=O) groups excluding carboxylic acids is 1. The molecule has 0 spiro atoms. The number of rotatable bonds is 5. The second-order valence-corrected chi connectivity index (χ2v) is 4.79. The highest BCUT2D eigenvalue weighted by atomic mass is 35.5. The normalized spacial score (nSPS) is 10.2. The van der Waals surface area contributed by atoms with Gasteiger partial charge in [-0.3, -0.25) is 9.18 Å². The third-order valence-corrected chi connectivity index (χ3v) is 3.06. The predicted octanol–water partition coefficient (Wildman–Crippen LogP) is 3.29. The summed E-state index contributed by atoms with van der Waals surface area (Å²) >= 11 is 7.07. The lowest BCUT2D eigenvalue weighted by molar-refractivity contribution is -0.113. The van der Waals surface area contributed by atoms with Gasteiger partial charge in [-0.05, 0) is 30.7 Å². The van der Waals surface area contributed by atoms with Gasteiger partial charge in [-0.2, -0.15) is 0 Å². The third kappa shape index (κ3) is 4.41. The van der Waals surface area contributed by atoms with Crippen molar-refractivity contribution in [3.05, 3.63) is 28.8 Å². The van der Waals surface area contributed by atoms with E-state index in [0.717, 1.165) is 11.3 Å². The lowest BCUT2D eigenvalue weighted by Gasteiger charge is -2.08. The van der Waals surface area contributed by atoms with E-state index in [9.17, 15) is 9.18 Å². The molecule has 0 aliphatic carbocycles. The van der Waals surface area contributed by atoms with E-state index in [1.165, 1.54) is 11.8 Å². The number of halogens is 2. The standard InChI is InChI=1S/C11H13ClFNOS/c1-8-6-9(12)2-3-10(8)14-11(15)7-16-5-4-13/h2-3,6H,4-5,7H2,1H3,(H,14,15). The van der Waals surface area contributed by atoms with E-state index in [2.05, 4.69) is 5.32 Å². The summed E-state index contributed by atoms with van der Waals surface area (Å²) < 4.78 is 11.8. The first kappa shape index (κ1) is 13.3. The van der Waals surface area contributed by atoms with Gasteiger partial charge in [0.15, 0.2) is 0 Å². The van der Waals surface area contributed by atoms with Crippen molar-refractivity contribution >= 4 is 35.0 Å². The quantitative estimate of drug-likeness (QED) is 0.824. The highest BCUT2D eigenvalue weighted by molar-refractivity contribution is 7.99. The third-order valence-electron chi connectivity index (χ3n) is 1.92. The van der Waals surface area contributed by atoms with Gasteiger partial charge >= 0.3 is 0 Å². The van der Waals surface area contributed by atoms with E-state index < -0.39 is 6.67 Å². The number of nitrogens with one attached hydrogen (secondary N) is 1. The maximum Gasteiger partial charge on any atom is 0.234 e. The van der Waals surface area contributed by atoms with Gasteiger partial charge in [-0.15, -0.1) is 11.8 Å². The van der Waals surface area contributed by atoms with E-state index in [0.29, 0.717) is 10.8 Å². The molecule has 0 fully saturated rings. The molecule has 1 aromatic rings. The molecule has 16 heavy (non-hydrogen) atoms. The molecule has 1 rings (SSSR count). The molecule has 0 heterocycles. The van der Waals surface area contributed by atoms with Crippen LogP contribution < -0.4 is 5.32 Å². The molecule has 5 heteroatoms. The molecule has 1 amide bonds. The van der Waals surface area contributed by atoms with Gasteiger partial charge in [0.1, 0.15) is 0 Å². The van der Waals surface area contributed by atoms with E-state index in [4.69, 9.17) is 11.6 Å². The van der Waals surface area contributed by atoms with Crippen LogP contribution >= 0.6 is 23.4 Å². The van der Waals surface area contributed by atoms with E-state index >= 15 is 0 Å². The number of anilines is 1. The van der Waals surface area contributed by atoms with Gasteiger partial charge in [0.25, 0.3) is 0 Å². The first-order valence-corrected chi connectivity index (χ1v) is 6.36. The fraction of sp³-hybridized carbons (Fsp3) is 0.364. The molecule has 0 saturated carbocycles. The minimum absolute atomic E-state index is 0.121. The Balaban J connectivity index is 2.49. The maximum absolute atomic E-state index is 11.8. The molecular weight excluding hydrogens is 249 g/mol. The number of hydrogen-bond donors (Lipinski definition) is 1. The van der Waals surface area contributed by atoms with Crippen LogP contribution in [0.25, 0.3) is 0 Å². The summed E-state index contributed by atoms with van der Waals surface area (Å²) in [5.41, 5.74) is 1.66. The Morgan fingerprint density at radius 1 is 1.56 bits per heavy atom. The highest BCUT2D eigenvalue weighted by Gasteiger charge is 2.04. The van der Waals surface area contributed by atoms with Crippen LogP contribution in [-0.4, -0.2) is 24.1 Å². The smallest absolute Gasteiger partial charge is 0.234 e. The summed E-state index contributed by atoms with van der Waals surface area (Å²) in [6.07, 6.45) is 0. The Bertz CT molecular complexity index is 373. The Labute approximate surface area is 104 Å². The molecule has 1 aromatic carbocycles. The number of thioether (sulfide) groups is 1. The predicted molar refractivity (Wildman–Crippen MR) is 68.1 cm³/mol. The summed E-state index contributed by atoms with van der Waals surface area (Å²) in [6, 6.07) is 5.26. The van der Waals surface area contributed by atoms with Crippen molar-refractivity contribution in [2.45, 2.75) is 6.92 Å². The summed E-state index contributed by atoms with van der Waals surface area (Å²) in [5.74, 6) is 0.503. The lowest BCUT2D eigenvalue weighted by atomic mass is 10.2.